The highest BCUT2D eigenvalue weighted by atomic mass is 79.9. The molecular weight excluding hydrogens is 359 g/mol. The van der Waals surface area contributed by atoms with Crippen LogP contribution in [0.15, 0.2) is 22.7 Å². The van der Waals surface area contributed by atoms with E-state index >= 15 is 0 Å². The second-order valence-corrected chi connectivity index (χ2v) is 5.75. The molecule has 1 atom stereocenters. The van der Waals surface area contributed by atoms with Crippen molar-refractivity contribution in [3.8, 4) is 5.75 Å². The summed E-state index contributed by atoms with van der Waals surface area (Å²) < 4.78 is 41.2. The van der Waals surface area contributed by atoms with Crippen molar-refractivity contribution >= 4 is 28.3 Å². The van der Waals surface area contributed by atoms with Gasteiger partial charge < -0.3 is 10.5 Å². The third-order valence-electron chi connectivity index (χ3n) is 3.42. The fraction of sp³-hybridized carbons (Fsp3) is 0.538. The first kappa shape index (κ1) is 17.6. The molecule has 0 aliphatic heterocycles. The molecule has 0 amide bonds. The van der Waals surface area contributed by atoms with Crippen LogP contribution in [0, 0.1) is 5.92 Å². The summed E-state index contributed by atoms with van der Waals surface area (Å²) in [6.07, 6.45) is -0.349. The Kier molecular flexibility index (Phi) is 6.16. The molecule has 1 aromatic carbocycles. The lowest BCUT2D eigenvalue weighted by atomic mass is 9.92. The number of hydrogen-bond donors (Lipinski definition) is 1. The minimum Gasteiger partial charge on any atom is -0.406 e. The van der Waals surface area contributed by atoms with Crippen molar-refractivity contribution in [3.05, 3.63) is 28.2 Å². The fourth-order valence-corrected chi connectivity index (χ4v) is 3.05. The molecule has 0 radical (unpaired) electrons. The number of ether oxygens (including phenoxy) is 1. The van der Waals surface area contributed by atoms with E-state index in [2.05, 4.69) is 20.7 Å². The van der Waals surface area contributed by atoms with Crippen molar-refractivity contribution in [1.29, 1.82) is 0 Å². The molecule has 1 fully saturated rings. The maximum Gasteiger partial charge on any atom is 0.573 e. The largest absolute Gasteiger partial charge is 0.573 e. The summed E-state index contributed by atoms with van der Waals surface area (Å²) in [5.74, 6) is 0.110. The lowest BCUT2D eigenvalue weighted by Gasteiger charge is -2.20. The van der Waals surface area contributed by atoms with Crippen molar-refractivity contribution < 1.29 is 17.9 Å². The number of halogens is 5. The quantitative estimate of drug-likeness (QED) is 0.811. The van der Waals surface area contributed by atoms with Gasteiger partial charge in [0.1, 0.15) is 5.75 Å². The first-order valence-electron chi connectivity index (χ1n) is 6.17. The average Bonchev–Trinajstić information content (AvgIpc) is 2.77. The van der Waals surface area contributed by atoms with E-state index in [4.69, 9.17) is 5.73 Å². The van der Waals surface area contributed by atoms with E-state index < -0.39 is 6.36 Å². The highest BCUT2D eigenvalue weighted by Gasteiger charge is 2.32. The molecule has 0 saturated heterocycles. The van der Waals surface area contributed by atoms with E-state index in [9.17, 15) is 13.2 Å². The zero-order valence-corrected chi connectivity index (χ0v) is 13.0. The molecule has 7 heteroatoms. The Morgan fingerprint density at radius 3 is 2.35 bits per heavy atom. The summed E-state index contributed by atoms with van der Waals surface area (Å²) in [6, 6.07) is 4.18. The van der Waals surface area contributed by atoms with Crippen LogP contribution >= 0.6 is 28.3 Å². The molecule has 1 aliphatic rings. The standard InChI is InChI=1S/C13H15BrF3NO.ClH/c14-10-5-9(12(18)8-3-1-2-4-8)6-11(7-10)19-13(15,16)17;/h5-8,12H,1-4,18H2;1H/t12-;/m0./s1. The van der Waals surface area contributed by atoms with E-state index in [-0.39, 0.29) is 24.2 Å². The van der Waals surface area contributed by atoms with Crippen molar-refractivity contribution in [2.75, 3.05) is 0 Å². The van der Waals surface area contributed by atoms with E-state index in [0.29, 0.717) is 16.0 Å². The first-order valence-corrected chi connectivity index (χ1v) is 6.96. The molecule has 2 nitrogen and oxygen atoms in total. The topological polar surface area (TPSA) is 35.2 Å². The summed E-state index contributed by atoms with van der Waals surface area (Å²) in [5, 5.41) is 0. The van der Waals surface area contributed by atoms with Crippen LogP contribution in [-0.4, -0.2) is 6.36 Å². The summed E-state index contributed by atoms with van der Waals surface area (Å²) >= 11 is 3.19. The maximum atomic E-state index is 12.2. The van der Waals surface area contributed by atoms with Gasteiger partial charge in [-0.3, -0.25) is 0 Å². The molecule has 0 heterocycles. The Morgan fingerprint density at radius 1 is 1.20 bits per heavy atom. The van der Waals surface area contributed by atoms with Gasteiger partial charge in [0.2, 0.25) is 0 Å². The number of nitrogens with two attached hydrogens (primary N) is 1. The number of benzene rings is 1. The predicted octanol–water partition coefficient (Wildman–Crippen LogP) is 4.96. The molecule has 1 aromatic rings. The lowest BCUT2D eigenvalue weighted by molar-refractivity contribution is -0.274. The molecule has 114 valence electrons. The van der Waals surface area contributed by atoms with Crippen LogP contribution in [-0.2, 0) is 0 Å². The number of rotatable bonds is 3. The zero-order chi connectivity index (χ0) is 14.0. The third kappa shape index (κ3) is 4.82. The number of hydrogen-bond acceptors (Lipinski definition) is 2. The van der Waals surface area contributed by atoms with Gasteiger partial charge in [0, 0.05) is 10.5 Å². The van der Waals surface area contributed by atoms with Crippen LogP contribution in [0.3, 0.4) is 0 Å². The molecule has 2 N–H and O–H groups in total. The van der Waals surface area contributed by atoms with Gasteiger partial charge >= 0.3 is 6.36 Å². The summed E-state index contributed by atoms with van der Waals surface area (Å²) in [5.41, 5.74) is 6.83. The van der Waals surface area contributed by atoms with Crippen molar-refractivity contribution in [1.82, 2.24) is 0 Å². The lowest BCUT2D eigenvalue weighted by Crippen LogP contribution is -2.20. The Morgan fingerprint density at radius 2 is 1.80 bits per heavy atom. The normalized spacial score (nSPS) is 17.6. The van der Waals surface area contributed by atoms with Gasteiger partial charge in [-0.15, -0.1) is 25.6 Å². The van der Waals surface area contributed by atoms with Gasteiger partial charge in [-0.05, 0) is 42.5 Å². The van der Waals surface area contributed by atoms with Gasteiger partial charge in [0.25, 0.3) is 0 Å². The Bertz CT molecular complexity index is 450. The smallest absolute Gasteiger partial charge is 0.406 e. The molecule has 0 spiro atoms. The fourth-order valence-electron chi connectivity index (χ4n) is 2.56. The highest BCUT2D eigenvalue weighted by molar-refractivity contribution is 9.10. The molecule has 0 aromatic heterocycles. The van der Waals surface area contributed by atoms with Crippen molar-refractivity contribution in [2.24, 2.45) is 11.7 Å². The van der Waals surface area contributed by atoms with Gasteiger partial charge in [-0.1, -0.05) is 28.8 Å². The van der Waals surface area contributed by atoms with E-state index in [1.807, 2.05) is 0 Å². The van der Waals surface area contributed by atoms with Crippen LogP contribution < -0.4 is 10.5 Å². The zero-order valence-electron chi connectivity index (χ0n) is 10.6. The maximum absolute atomic E-state index is 12.2. The Labute approximate surface area is 130 Å². The summed E-state index contributed by atoms with van der Waals surface area (Å²) in [7, 11) is 0. The van der Waals surface area contributed by atoms with Crippen molar-refractivity contribution in [3.63, 3.8) is 0 Å². The van der Waals surface area contributed by atoms with Crippen LogP contribution in [0.4, 0.5) is 13.2 Å². The monoisotopic (exact) mass is 373 g/mol. The van der Waals surface area contributed by atoms with E-state index in [0.717, 1.165) is 25.7 Å². The minimum absolute atomic E-state index is 0. The summed E-state index contributed by atoms with van der Waals surface area (Å²) in [4.78, 5) is 0. The third-order valence-corrected chi connectivity index (χ3v) is 3.88. The van der Waals surface area contributed by atoms with Gasteiger partial charge in [-0.2, -0.15) is 0 Å². The first-order chi connectivity index (χ1) is 8.85. The second kappa shape index (κ2) is 7.00. The molecular formula is C13H16BrClF3NO. The Balaban J connectivity index is 0.00000200. The summed E-state index contributed by atoms with van der Waals surface area (Å²) in [6.45, 7) is 0. The van der Waals surface area contributed by atoms with Crippen LogP contribution in [0.1, 0.15) is 37.3 Å². The van der Waals surface area contributed by atoms with Gasteiger partial charge in [-0.25, -0.2) is 0 Å². The molecule has 1 saturated carbocycles. The predicted molar refractivity (Wildman–Crippen MR) is 77.0 cm³/mol. The van der Waals surface area contributed by atoms with Crippen LogP contribution in [0.25, 0.3) is 0 Å². The van der Waals surface area contributed by atoms with E-state index in [1.165, 1.54) is 12.1 Å². The molecule has 0 unspecified atom stereocenters. The highest BCUT2D eigenvalue weighted by Crippen LogP contribution is 2.37. The molecule has 0 bridgehead atoms. The Hall–Kier alpha value is -0.460. The number of alkyl halides is 3. The van der Waals surface area contributed by atoms with Crippen molar-refractivity contribution in [2.45, 2.75) is 38.1 Å². The minimum atomic E-state index is -4.69. The van der Waals surface area contributed by atoms with Gasteiger partial charge in [0.05, 0.1) is 0 Å². The van der Waals surface area contributed by atoms with Crippen LogP contribution in [0.2, 0.25) is 0 Å². The van der Waals surface area contributed by atoms with Crippen LogP contribution in [0.5, 0.6) is 5.75 Å². The average molecular weight is 375 g/mol. The molecule has 1 aliphatic carbocycles. The molecule has 20 heavy (non-hydrogen) atoms. The van der Waals surface area contributed by atoms with Gasteiger partial charge in [0.15, 0.2) is 0 Å². The second-order valence-electron chi connectivity index (χ2n) is 4.84. The SMILES string of the molecule is Cl.N[C@H](c1cc(Br)cc(OC(F)(F)F)c1)C1CCCC1. The van der Waals surface area contributed by atoms with E-state index in [1.54, 1.807) is 6.07 Å². The molecule has 2 rings (SSSR count).